The lowest BCUT2D eigenvalue weighted by molar-refractivity contribution is -0.116. The van der Waals surface area contributed by atoms with E-state index in [0.717, 1.165) is 0 Å². The summed E-state index contributed by atoms with van der Waals surface area (Å²) in [5, 5.41) is 34.4. The summed E-state index contributed by atoms with van der Waals surface area (Å²) in [7, 11) is 0. The van der Waals surface area contributed by atoms with Gasteiger partial charge in [-0.05, 0) is 19.1 Å². The van der Waals surface area contributed by atoms with Crippen molar-refractivity contribution in [2.24, 2.45) is 0 Å². The molecule has 1 rings (SSSR count). The average molecular weight is 353 g/mol. The van der Waals surface area contributed by atoms with Crippen LogP contribution >= 0.6 is 11.6 Å². The van der Waals surface area contributed by atoms with Gasteiger partial charge in [0.2, 0.25) is 0 Å². The van der Waals surface area contributed by atoms with E-state index in [4.69, 9.17) is 22.0 Å². The van der Waals surface area contributed by atoms with E-state index in [1.807, 2.05) is 5.32 Å². The van der Waals surface area contributed by atoms with Crippen LogP contribution in [0.15, 0.2) is 35.5 Å². The maximum atomic E-state index is 12.0. The van der Waals surface area contributed by atoms with Crippen LogP contribution in [0.25, 0.3) is 0 Å². The van der Waals surface area contributed by atoms with E-state index in [1.54, 1.807) is 30.3 Å². The Morgan fingerprint density at radius 1 is 1.38 bits per heavy atom. The Balaban J connectivity index is 2.71. The van der Waals surface area contributed by atoms with Crippen LogP contribution in [0.5, 0.6) is 0 Å². The van der Waals surface area contributed by atoms with Crippen LogP contribution in [0.4, 0.5) is 10.5 Å². The number of aliphatic hydroxyl groups is 2. The second kappa shape index (κ2) is 9.52. The van der Waals surface area contributed by atoms with Gasteiger partial charge in [-0.3, -0.25) is 10.1 Å². The Morgan fingerprint density at radius 2 is 2.04 bits per heavy atom. The fraction of sp³-hybridized carbons (Fsp3) is 0.267. The van der Waals surface area contributed by atoms with Crippen molar-refractivity contribution < 1.29 is 19.8 Å². The molecule has 9 heteroatoms. The first kappa shape index (κ1) is 19.4. The third kappa shape index (κ3) is 5.89. The van der Waals surface area contributed by atoms with Crippen LogP contribution in [-0.4, -0.2) is 41.4 Å². The molecule has 0 aliphatic carbocycles. The Bertz CT molecular complexity index is 684. The van der Waals surface area contributed by atoms with Gasteiger partial charge in [-0.15, -0.1) is 0 Å². The second-order valence-corrected chi connectivity index (χ2v) is 5.12. The van der Waals surface area contributed by atoms with Gasteiger partial charge in [-0.1, -0.05) is 23.7 Å². The number of para-hydroxylation sites is 1. The zero-order valence-electron chi connectivity index (χ0n) is 12.8. The number of imide groups is 1. The monoisotopic (exact) mass is 352 g/mol. The quantitative estimate of drug-likeness (QED) is 0.378. The molecule has 0 saturated carbocycles. The molecule has 0 saturated heterocycles. The standard InChI is InChI=1S/C15H17ClN4O4/c1-9(18-7-10(22)8-21)11(6-17)14(23)20-15(24)19-13-5-3-2-4-12(13)16/h2-5,10,18,21-22H,7-8H2,1H3,(H2,19,20,23,24). The lowest BCUT2D eigenvalue weighted by Gasteiger charge is -2.12. The molecule has 0 radical (unpaired) electrons. The predicted octanol–water partition coefficient (Wildman–Crippen LogP) is 0.728. The molecule has 0 spiro atoms. The van der Waals surface area contributed by atoms with E-state index in [0.29, 0.717) is 10.7 Å². The second-order valence-electron chi connectivity index (χ2n) is 4.72. The van der Waals surface area contributed by atoms with Crippen molar-refractivity contribution in [1.82, 2.24) is 10.6 Å². The van der Waals surface area contributed by atoms with Crippen molar-refractivity contribution in [2.75, 3.05) is 18.5 Å². The van der Waals surface area contributed by atoms with Gasteiger partial charge in [0.1, 0.15) is 11.6 Å². The number of benzene rings is 1. The Labute approximate surface area is 143 Å². The molecule has 0 bridgehead atoms. The van der Waals surface area contributed by atoms with Gasteiger partial charge >= 0.3 is 6.03 Å². The Hall–Kier alpha value is -2.60. The molecule has 1 atom stereocenters. The summed E-state index contributed by atoms with van der Waals surface area (Å²) in [5.74, 6) is -0.912. The zero-order valence-corrected chi connectivity index (χ0v) is 13.6. The third-order valence-corrected chi connectivity index (χ3v) is 3.21. The SMILES string of the molecule is CC(NCC(O)CO)=C(C#N)C(=O)NC(=O)Nc1ccccc1Cl. The first-order chi connectivity index (χ1) is 11.4. The molecule has 5 N–H and O–H groups in total. The van der Waals surface area contributed by atoms with Gasteiger partial charge in [-0.25, -0.2) is 4.79 Å². The van der Waals surface area contributed by atoms with Crippen molar-refractivity contribution in [2.45, 2.75) is 13.0 Å². The number of hydrogen-bond donors (Lipinski definition) is 5. The van der Waals surface area contributed by atoms with E-state index in [2.05, 4.69) is 10.6 Å². The highest BCUT2D eigenvalue weighted by molar-refractivity contribution is 6.33. The van der Waals surface area contributed by atoms with E-state index in [-0.39, 0.29) is 17.8 Å². The number of amides is 3. The third-order valence-electron chi connectivity index (χ3n) is 2.88. The summed E-state index contributed by atoms with van der Waals surface area (Å²) >= 11 is 5.89. The van der Waals surface area contributed by atoms with Crippen molar-refractivity contribution in [3.8, 4) is 6.07 Å². The molecule has 8 nitrogen and oxygen atoms in total. The molecule has 1 aromatic rings. The number of nitrogens with one attached hydrogen (secondary N) is 3. The van der Waals surface area contributed by atoms with Gasteiger partial charge in [0, 0.05) is 12.2 Å². The molecule has 0 heterocycles. The summed E-state index contributed by atoms with van der Waals surface area (Å²) in [6.07, 6.45) is -1.04. The van der Waals surface area contributed by atoms with Crippen molar-refractivity contribution in [1.29, 1.82) is 5.26 Å². The molecule has 0 aliphatic rings. The lowest BCUT2D eigenvalue weighted by Crippen LogP contribution is -2.37. The van der Waals surface area contributed by atoms with Gasteiger partial charge in [-0.2, -0.15) is 5.26 Å². The van der Waals surface area contributed by atoms with Crippen LogP contribution in [0, 0.1) is 11.3 Å². The molecular weight excluding hydrogens is 336 g/mol. The molecule has 1 aromatic carbocycles. The number of anilines is 1. The van der Waals surface area contributed by atoms with E-state index in [9.17, 15) is 14.7 Å². The van der Waals surface area contributed by atoms with Gasteiger partial charge in [0.15, 0.2) is 0 Å². The normalized spacial score (nSPS) is 12.5. The molecule has 1 unspecified atom stereocenters. The van der Waals surface area contributed by atoms with Gasteiger partial charge < -0.3 is 20.8 Å². The maximum absolute atomic E-state index is 12.0. The van der Waals surface area contributed by atoms with E-state index >= 15 is 0 Å². The highest BCUT2D eigenvalue weighted by Gasteiger charge is 2.17. The molecule has 0 aliphatic heterocycles. The van der Waals surface area contributed by atoms with E-state index < -0.39 is 24.6 Å². The summed E-state index contributed by atoms with van der Waals surface area (Å²) < 4.78 is 0. The number of carbonyl (C=O) groups excluding carboxylic acids is 2. The summed E-state index contributed by atoms with van der Waals surface area (Å²) in [5.41, 5.74) is 0.148. The van der Waals surface area contributed by atoms with Crippen LogP contribution in [-0.2, 0) is 4.79 Å². The number of allylic oxidation sites excluding steroid dienone is 1. The number of nitriles is 1. The first-order valence-electron chi connectivity index (χ1n) is 6.89. The van der Waals surface area contributed by atoms with Crippen molar-refractivity contribution in [3.63, 3.8) is 0 Å². The van der Waals surface area contributed by atoms with Crippen molar-refractivity contribution in [3.05, 3.63) is 40.6 Å². The minimum atomic E-state index is -1.04. The Kier molecular flexibility index (Phi) is 7.71. The molecule has 0 fully saturated rings. The fourth-order valence-electron chi connectivity index (χ4n) is 1.61. The van der Waals surface area contributed by atoms with Crippen LogP contribution < -0.4 is 16.0 Å². The number of urea groups is 1. The van der Waals surface area contributed by atoms with Crippen molar-refractivity contribution >= 4 is 29.2 Å². The highest BCUT2D eigenvalue weighted by Crippen LogP contribution is 2.20. The zero-order chi connectivity index (χ0) is 18.1. The number of halogens is 1. The lowest BCUT2D eigenvalue weighted by atomic mass is 10.2. The summed E-state index contributed by atoms with van der Waals surface area (Å²) in [6.45, 7) is 0.926. The smallest absolute Gasteiger partial charge is 0.326 e. The number of hydrogen-bond acceptors (Lipinski definition) is 6. The molecule has 0 aromatic heterocycles. The number of carbonyl (C=O) groups is 2. The molecule has 24 heavy (non-hydrogen) atoms. The number of nitrogens with zero attached hydrogens (tertiary/aromatic N) is 1. The summed E-state index contributed by atoms with van der Waals surface area (Å²) in [6, 6.07) is 7.30. The van der Waals surface area contributed by atoms with Gasteiger partial charge in [0.25, 0.3) is 5.91 Å². The largest absolute Gasteiger partial charge is 0.394 e. The topological polar surface area (TPSA) is 134 Å². The minimum Gasteiger partial charge on any atom is -0.394 e. The van der Waals surface area contributed by atoms with Crippen LogP contribution in [0.1, 0.15) is 6.92 Å². The fourth-order valence-corrected chi connectivity index (χ4v) is 1.79. The molecule has 3 amide bonds. The first-order valence-corrected chi connectivity index (χ1v) is 7.27. The number of rotatable bonds is 6. The van der Waals surface area contributed by atoms with Crippen LogP contribution in [0.2, 0.25) is 5.02 Å². The average Bonchev–Trinajstić information content (AvgIpc) is 2.55. The van der Waals surface area contributed by atoms with Crippen LogP contribution in [0.3, 0.4) is 0 Å². The number of aliphatic hydroxyl groups excluding tert-OH is 2. The molecular formula is C15H17ClN4O4. The summed E-state index contributed by atoms with van der Waals surface area (Å²) in [4.78, 5) is 23.8. The predicted molar refractivity (Wildman–Crippen MR) is 88.0 cm³/mol. The van der Waals surface area contributed by atoms with E-state index in [1.165, 1.54) is 6.92 Å². The highest BCUT2D eigenvalue weighted by atomic mass is 35.5. The van der Waals surface area contributed by atoms with Gasteiger partial charge in [0.05, 0.1) is 23.4 Å². The minimum absolute atomic E-state index is 0.0490. The Morgan fingerprint density at radius 3 is 2.62 bits per heavy atom. The molecule has 128 valence electrons. The maximum Gasteiger partial charge on any atom is 0.326 e.